The highest BCUT2D eigenvalue weighted by Gasteiger charge is 2.43. The number of rotatable bonds is 5. The fraction of sp³-hybridized carbons (Fsp3) is 1.00. The molecule has 0 bridgehead atoms. The second-order valence-corrected chi connectivity index (χ2v) is 6.17. The molecular weight excluding hydrogens is 226 g/mol. The van der Waals surface area contributed by atoms with E-state index in [1.807, 2.05) is 0 Å². The highest BCUT2D eigenvalue weighted by atomic mass is 16.5. The summed E-state index contributed by atoms with van der Waals surface area (Å²) in [5, 5.41) is 3.79. The molecule has 0 aliphatic heterocycles. The molecule has 6 unspecified atom stereocenters. The fourth-order valence-electron chi connectivity index (χ4n) is 3.44. The second kappa shape index (κ2) is 6.36. The van der Waals surface area contributed by atoms with Crippen LogP contribution in [0.3, 0.4) is 0 Å². The monoisotopic (exact) mass is 255 g/mol. The predicted molar refractivity (Wildman–Crippen MR) is 73.7 cm³/mol. The molecule has 2 rings (SSSR count). The van der Waals surface area contributed by atoms with E-state index < -0.39 is 0 Å². The first kappa shape index (κ1) is 14.3. The van der Waals surface area contributed by atoms with Gasteiger partial charge in [0.25, 0.3) is 0 Å². The Morgan fingerprint density at radius 3 is 2.50 bits per heavy atom. The van der Waals surface area contributed by atoms with Crippen molar-refractivity contribution in [3.8, 4) is 0 Å². The SMILES string of the molecule is CCOC1CC(NC2CCC(C)C(C)C2)C1OC. The van der Waals surface area contributed by atoms with Crippen LogP contribution in [-0.4, -0.2) is 38.0 Å². The second-order valence-electron chi connectivity index (χ2n) is 6.17. The minimum absolute atomic E-state index is 0.250. The molecule has 3 nitrogen and oxygen atoms in total. The van der Waals surface area contributed by atoms with E-state index in [-0.39, 0.29) is 6.10 Å². The van der Waals surface area contributed by atoms with Gasteiger partial charge in [0, 0.05) is 25.8 Å². The molecule has 18 heavy (non-hydrogen) atoms. The normalized spacial score (nSPS) is 44.7. The van der Waals surface area contributed by atoms with E-state index in [4.69, 9.17) is 9.47 Å². The van der Waals surface area contributed by atoms with E-state index in [1.165, 1.54) is 19.3 Å². The first-order valence-electron chi connectivity index (χ1n) is 7.56. The maximum Gasteiger partial charge on any atom is 0.0986 e. The molecule has 3 heteroatoms. The van der Waals surface area contributed by atoms with Crippen molar-refractivity contribution in [1.82, 2.24) is 5.32 Å². The smallest absolute Gasteiger partial charge is 0.0986 e. The summed E-state index contributed by atoms with van der Waals surface area (Å²) in [6.07, 6.45) is 5.65. The van der Waals surface area contributed by atoms with Gasteiger partial charge in [-0.2, -0.15) is 0 Å². The number of hydrogen-bond donors (Lipinski definition) is 1. The van der Waals surface area contributed by atoms with E-state index >= 15 is 0 Å². The Morgan fingerprint density at radius 1 is 1.11 bits per heavy atom. The Morgan fingerprint density at radius 2 is 1.89 bits per heavy atom. The quantitative estimate of drug-likeness (QED) is 0.819. The standard InChI is InChI=1S/C15H29NO2/c1-5-18-14-9-13(15(14)17-4)16-12-7-6-10(2)11(3)8-12/h10-16H,5-9H2,1-4H3. The third-order valence-electron chi connectivity index (χ3n) is 4.95. The third-order valence-corrected chi connectivity index (χ3v) is 4.95. The van der Waals surface area contributed by atoms with E-state index in [9.17, 15) is 0 Å². The van der Waals surface area contributed by atoms with Crippen molar-refractivity contribution in [3.05, 3.63) is 0 Å². The molecule has 0 heterocycles. The van der Waals surface area contributed by atoms with Crippen molar-refractivity contribution in [1.29, 1.82) is 0 Å². The summed E-state index contributed by atoms with van der Waals surface area (Å²) in [6.45, 7) is 7.61. The van der Waals surface area contributed by atoms with Crippen LogP contribution in [-0.2, 0) is 9.47 Å². The molecular formula is C15H29NO2. The van der Waals surface area contributed by atoms with Crippen molar-refractivity contribution < 1.29 is 9.47 Å². The van der Waals surface area contributed by atoms with Crippen molar-refractivity contribution in [3.63, 3.8) is 0 Å². The molecule has 106 valence electrons. The number of ether oxygens (including phenoxy) is 2. The van der Waals surface area contributed by atoms with Gasteiger partial charge in [0.2, 0.25) is 0 Å². The molecule has 2 aliphatic rings. The van der Waals surface area contributed by atoms with Crippen LogP contribution in [0.15, 0.2) is 0 Å². The van der Waals surface area contributed by atoms with Crippen LogP contribution in [0.2, 0.25) is 0 Å². The summed E-state index contributed by atoms with van der Waals surface area (Å²) in [5.41, 5.74) is 0. The Kier molecular flexibility index (Phi) is 5.05. The van der Waals surface area contributed by atoms with Crippen LogP contribution in [0.25, 0.3) is 0 Å². The van der Waals surface area contributed by atoms with Gasteiger partial charge >= 0.3 is 0 Å². The van der Waals surface area contributed by atoms with Gasteiger partial charge in [0.05, 0.1) is 12.2 Å². The van der Waals surface area contributed by atoms with E-state index in [0.29, 0.717) is 18.2 Å². The Balaban J connectivity index is 1.77. The first-order valence-corrected chi connectivity index (χ1v) is 7.56. The van der Waals surface area contributed by atoms with Gasteiger partial charge in [0.15, 0.2) is 0 Å². The Labute approximate surface area is 112 Å². The minimum atomic E-state index is 0.250. The molecule has 0 aromatic rings. The average Bonchev–Trinajstić information content (AvgIpc) is 2.32. The summed E-state index contributed by atoms with van der Waals surface area (Å²) >= 11 is 0. The summed E-state index contributed by atoms with van der Waals surface area (Å²) in [5.74, 6) is 1.74. The molecule has 2 fully saturated rings. The summed E-state index contributed by atoms with van der Waals surface area (Å²) in [6, 6.07) is 1.18. The van der Waals surface area contributed by atoms with Gasteiger partial charge in [-0.25, -0.2) is 0 Å². The van der Waals surface area contributed by atoms with Crippen LogP contribution >= 0.6 is 0 Å². The molecule has 1 N–H and O–H groups in total. The molecule has 0 saturated heterocycles. The van der Waals surface area contributed by atoms with Crippen LogP contribution in [0.1, 0.15) is 46.5 Å². The zero-order chi connectivity index (χ0) is 13.1. The molecule has 0 aromatic carbocycles. The lowest BCUT2D eigenvalue weighted by atomic mass is 9.77. The van der Waals surface area contributed by atoms with E-state index in [1.54, 1.807) is 7.11 Å². The van der Waals surface area contributed by atoms with Crippen LogP contribution in [0.5, 0.6) is 0 Å². The van der Waals surface area contributed by atoms with Gasteiger partial charge in [-0.05, 0) is 44.4 Å². The molecule has 0 spiro atoms. The first-order chi connectivity index (χ1) is 8.65. The van der Waals surface area contributed by atoms with Gasteiger partial charge in [-0.3, -0.25) is 0 Å². The molecule has 2 saturated carbocycles. The lowest BCUT2D eigenvalue weighted by Crippen LogP contribution is -2.62. The lowest BCUT2D eigenvalue weighted by Gasteiger charge is -2.46. The van der Waals surface area contributed by atoms with Crippen LogP contribution < -0.4 is 5.32 Å². The van der Waals surface area contributed by atoms with Gasteiger partial charge < -0.3 is 14.8 Å². The van der Waals surface area contributed by atoms with E-state index in [0.717, 1.165) is 24.9 Å². The number of methoxy groups -OCH3 is 1. The van der Waals surface area contributed by atoms with Crippen molar-refractivity contribution >= 4 is 0 Å². The summed E-state index contributed by atoms with van der Waals surface area (Å²) in [4.78, 5) is 0. The van der Waals surface area contributed by atoms with Gasteiger partial charge in [-0.1, -0.05) is 13.8 Å². The number of nitrogens with one attached hydrogen (secondary N) is 1. The molecule has 0 amide bonds. The average molecular weight is 255 g/mol. The Bertz CT molecular complexity index is 259. The Hall–Kier alpha value is -0.120. The minimum Gasteiger partial charge on any atom is -0.377 e. The molecule has 6 atom stereocenters. The van der Waals surface area contributed by atoms with Crippen LogP contribution in [0, 0.1) is 11.8 Å². The van der Waals surface area contributed by atoms with Crippen molar-refractivity contribution in [2.24, 2.45) is 11.8 Å². The highest BCUT2D eigenvalue weighted by Crippen LogP contribution is 2.32. The third kappa shape index (κ3) is 3.06. The van der Waals surface area contributed by atoms with Gasteiger partial charge in [-0.15, -0.1) is 0 Å². The predicted octanol–water partition coefficient (Wildman–Crippen LogP) is 2.59. The zero-order valence-corrected chi connectivity index (χ0v) is 12.3. The molecule has 0 aromatic heterocycles. The topological polar surface area (TPSA) is 30.5 Å². The van der Waals surface area contributed by atoms with Crippen molar-refractivity contribution in [2.75, 3.05) is 13.7 Å². The fourth-order valence-corrected chi connectivity index (χ4v) is 3.44. The van der Waals surface area contributed by atoms with Crippen molar-refractivity contribution in [2.45, 2.75) is 70.7 Å². The maximum absolute atomic E-state index is 5.67. The zero-order valence-electron chi connectivity index (χ0n) is 12.3. The largest absolute Gasteiger partial charge is 0.377 e. The molecule has 2 aliphatic carbocycles. The maximum atomic E-state index is 5.67. The lowest BCUT2D eigenvalue weighted by molar-refractivity contribution is -0.134. The van der Waals surface area contributed by atoms with Crippen LogP contribution in [0.4, 0.5) is 0 Å². The summed E-state index contributed by atoms with van der Waals surface area (Å²) in [7, 11) is 1.80. The van der Waals surface area contributed by atoms with Gasteiger partial charge in [0.1, 0.15) is 0 Å². The highest BCUT2D eigenvalue weighted by molar-refractivity contribution is 4.99. The van der Waals surface area contributed by atoms with E-state index in [2.05, 4.69) is 26.1 Å². The number of hydrogen-bond acceptors (Lipinski definition) is 3. The molecule has 0 radical (unpaired) electrons. The summed E-state index contributed by atoms with van der Waals surface area (Å²) < 4.78 is 11.2.